The van der Waals surface area contributed by atoms with Crippen molar-refractivity contribution in [2.75, 3.05) is 18.4 Å². The molecule has 1 aliphatic rings. The molecule has 1 N–H and O–H groups in total. The number of carbonyl (C=O) groups excluding carboxylic acids is 2. The average molecular weight is 378 g/mol. The Kier molecular flexibility index (Phi) is 5.22. The molecule has 2 aromatic rings. The van der Waals surface area contributed by atoms with Crippen LogP contribution in [0.15, 0.2) is 41.2 Å². The van der Waals surface area contributed by atoms with Gasteiger partial charge < -0.3 is 14.6 Å². The highest BCUT2D eigenvalue weighted by Gasteiger charge is 2.28. The summed E-state index contributed by atoms with van der Waals surface area (Å²) < 4.78 is 4.92. The lowest BCUT2D eigenvalue weighted by atomic mass is 9.95. The monoisotopic (exact) mass is 377 g/mol. The number of carbonyl (C=O) groups is 2. The average Bonchev–Trinajstić information content (AvgIpc) is 3.17. The summed E-state index contributed by atoms with van der Waals surface area (Å²) in [6.07, 6.45) is 3.88. The number of nitro benzene ring substituents is 1. The molecule has 1 fully saturated rings. The van der Waals surface area contributed by atoms with E-state index < -0.39 is 4.92 Å². The molecule has 3 rings (SSSR count). The Morgan fingerprint density at radius 3 is 2.62 bits per heavy atom. The summed E-state index contributed by atoms with van der Waals surface area (Å²) in [6, 6.07) is 5.73. The molecule has 0 radical (unpaired) electrons. The third kappa shape index (κ3) is 3.85. The molecule has 0 unspecified atom stereocenters. The zero-order valence-corrected chi connectivity index (χ0v) is 14.4. The van der Waals surface area contributed by atoms with Gasteiger partial charge in [-0.2, -0.15) is 0 Å². The van der Waals surface area contributed by atoms with Crippen molar-refractivity contribution < 1.29 is 18.9 Å². The van der Waals surface area contributed by atoms with E-state index in [9.17, 15) is 19.7 Å². The van der Waals surface area contributed by atoms with Gasteiger partial charge in [0.15, 0.2) is 0 Å². The lowest BCUT2D eigenvalue weighted by Gasteiger charge is -2.31. The molecule has 1 saturated heterocycles. The van der Waals surface area contributed by atoms with E-state index >= 15 is 0 Å². The molecule has 0 bridgehead atoms. The standard InChI is InChI=1S/C17H16ClN3O5/c18-14-2-1-13(9-15(14)21(24)25)19-16(22)11-3-6-20(7-4-11)17(23)12-5-8-26-10-12/h1-2,5,8-11H,3-4,6-7H2,(H,19,22). The molecule has 8 nitrogen and oxygen atoms in total. The zero-order chi connectivity index (χ0) is 18.7. The number of rotatable bonds is 4. The van der Waals surface area contributed by atoms with Gasteiger partial charge in [-0.15, -0.1) is 0 Å². The SMILES string of the molecule is O=C(Nc1ccc(Cl)c([N+](=O)[O-])c1)C1CCN(C(=O)c2ccoc2)CC1. The molecular weight excluding hydrogens is 362 g/mol. The molecule has 26 heavy (non-hydrogen) atoms. The van der Waals surface area contributed by atoms with E-state index in [1.807, 2.05) is 0 Å². The number of benzene rings is 1. The first-order valence-corrected chi connectivity index (χ1v) is 8.40. The van der Waals surface area contributed by atoms with Gasteiger partial charge in [0.1, 0.15) is 11.3 Å². The first-order valence-electron chi connectivity index (χ1n) is 8.02. The Labute approximate surface area is 153 Å². The summed E-state index contributed by atoms with van der Waals surface area (Å²) in [4.78, 5) is 36.7. The van der Waals surface area contributed by atoms with Crippen molar-refractivity contribution in [3.05, 3.63) is 57.5 Å². The Balaban J connectivity index is 1.58. The molecule has 1 aromatic carbocycles. The largest absolute Gasteiger partial charge is 0.472 e. The van der Waals surface area contributed by atoms with E-state index in [0.29, 0.717) is 37.2 Å². The molecule has 2 heterocycles. The lowest BCUT2D eigenvalue weighted by molar-refractivity contribution is -0.384. The highest BCUT2D eigenvalue weighted by atomic mass is 35.5. The number of piperidine rings is 1. The summed E-state index contributed by atoms with van der Waals surface area (Å²) >= 11 is 5.77. The molecule has 2 amide bonds. The predicted octanol–water partition coefficient (Wildman–Crippen LogP) is 3.33. The highest BCUT2D eigenvalue weighted by molar-refractivity contribution is 6.32. The van der Waals surface area contributed by atoms with Crippen LogP contribution in [-0.4, -0.2) is 34.7 Å². The second-order valence-corrected chi connectivity index (χ2v) is 6.40. The number of halogens is 1. The maximum absolute atomic E-state index is 12.4. The lowest BCUT2D eigenvalue weighted by Crippen LogP contribution is -2.41. The number of anilines is 1. The number of hydrogen-bond acceptors (Lipinski definition) is 5. The van der Waals surface area contributed by atoms with Crippen LogP contribution < -0.4 is 5.32 Å². The molecule has 0 spiro atoms. The maximum atomic E-state index is 12.4. The molecule has 0 atom stereocenters. The Morgan fingerprint density at radius 2 is 2.00 bits per heavy atom. The fourth-order valence-corrected chi connectivity index (χ4v) is 3.07. The first kappa shape index (κ1) is 17.9. The zero-order valence-electron chi connectivity index (χ0n) is 13.7. The van der Waals surface area contributed by atoms with Gasteiger partial charge in [0, 0.05) is 30.8 Å². The van der Waals surface area contributed by atoms with Crippen LogP contribution in [0.2, 0.25) is 5.02 Å². The number of amides is 2. The minimum Gasteiger partial charge on any atom is -0.472 e. The molecule has 136 valence electrons. The third-order valence-electron chi connectivity index (χ3n) is 4.33. The van der Waals surface area contributed by atoms with Gasteiger partial charge in [0.2, 0.25) is 5.91 Å². The summed E-state index contributed by atoms with van der Waals surface area (Å²) in [5.74, 6) is -0.610. The smallest absolute Gasteiger partial charge is 0.289 e. The van der Waals surface area contributed by atoms with Crippen molar-refractivity contribution in [1.29, 1.82) is 0 Å². The van der Waals surface area contributed by atoms with Crippen LogP contribution in [-0.2, 0) is 4.79 Å². The van der Waals surface area contributed by atoms with E-state index in [2.05, 4.69) is 5.32 Å². The molecule has 0 aliphatic carbocycles. The van der Waals surface area contributed by atoms with Gasteiger partial charge in [-0.3, -0.25) is 19.7 Å². The summed E-state index contributed by atoms with van der Waals surface area (Å²) in [5, 5.41) is 13.6. The van der Waals surface area contributed by atoms with Crippen molar-refractivity contribution in [2.24, 2.45) is 5.92 Å². The van der Waals surface area contributed by atoms with Crippen molar-refractivity contribution in [3.8, 4) is 0 Å². The fraction of sp³-hybridized carbons (Fsp3) is 0.294. The molecular formula is C17H16ClN3O5. The predicted molar refractivity (Wildman–Crippen MR) is 94.1 cm³/mol. The first-order chi connectivity index (χ1) is 12.5. The van der Waals surface area contributed by atoms with E-state index in [-0.39, 0.29) is 28.4 Å². The second kappa shape index (κ2) is 7.57. The van der Waals surface area contributed by atoms with Crippen LogP contribution in [0, 0.1) is 16.0 Å². The highest BCUT2D eigenvalue weighted by Crippen LogP contribution is 2.28. The van der Waals surface area contributed by atoms with Crippen molar-refractivity contribution >= 4 is 34.8 Å². The van der Waals surface area contributed by atoms with Gasteiger partial charge in [-0.05, 0) is 31.0 Å². The van der Waals surface area contributed by atoms with Gasteiger partial charge in [0.25, 0.3) is 11.6 Å². The summed E-state index contributed by atoms with van der Waals surface area (Å²) in [6.45, 7) is 0.922. The van der Waals surface area contributed by atoms with Crippen LogP contribution in [0.1, 0.15) is 23.2 Å². The van der Waals surface area contributed by atoms with Crippen molar-refractivity contribution in [1.82, 2.24) is 4.90 Å². The van der Waals surface area contributed by atoms with Crippen LogP contribution in [0.3, 0.4) is 0 Å². The fourth-order valence-electron chi connectivity index (χ4n) is 2.89. The molecule has 1 aliphatic heterocycles. The quantitative estimate of drug-likeness (QED) is 0.649. The van der Waals surface area contributed by atoms with Gasteiger partial charge >= 0.3 is 0 Å². The number of nitrogens with one attached hydrogen (secondary N) is 1. The molecule has 9 heteroatoms. The van der Waals surface area contributed by atoms with Gasteiger partial charge in [-0.25, -0.2) is 0 Å². The number of likely N-dealkylation sites (tertiary alicyclic amines) is 1. The normalized spacial score (nSPS) is 14.9. The van der Waals surface area contributed by atoms with Crippen LogP contribution >= 0.6 is 11.6 Å². The molecule has 0 saturated carbocycles. The third-order valence-corrected chi connectivity index (χ3v) is 4.65. The number of hydrogen-bond donors (Lipinski definition) is 1. The Hall–Kier alpha value is -2.87. The van der Waals surface area contributed by atoms with Crippen LogP contribution in [0.4, 0.5) is 11.4 Å². The maximum Gasteiger partial charge on any atom is 0.289 e. The van der Waals surface area contributed by atoms with E-state index in [1.165, 1.54) is 30.7 Å². The number of nitrogens with zero attached hydrogens (tertiary/aromatic N) is 2. The topological polar surface area (TPSA) is 106 Å². The van der Waals surface area contributed by atoms with Crippen LogP contribution in [0.5, 0.6) is 0 Å². The minimum atomic E-state index is -0.599. The summed E-state index contributed by atoms with van der Waals surface area (Å²) in [7, 11) is 0. The van der Waals surface area contributed by atoms with E-state index in [1.54, 1.807) is 11.0 Å². The number of nitro groups is 1. The van der Waals surface area contributed by atoms with Crippen molar-refractivity contribution in [3.63, 3.8) is 0 Å². The van der Waals surface area contributed by atoms with E-state index in [0.717, 1.165) is 0 Å². The Bertz CT molecular complexity index is 829. The van der Waals surface area contributed by atoms with Crippen molar-refractivity contribution in [2.45, 2.75) is 12.8 Å². The minimum absolute atomic E-state index is 0.0130. The van der Waals surface area contributed by atoms with Gasteiger partial charge in [0.05, 0.1) is 16.7 Å². The van der Waals surface area contributed by atoms with Gasteiger partial charge in [-0.1, -0.05) is 11.6 Å². The second-order valence-electron chi connectivity index (χ2n) is 5.99. The van der Waals surface area contributed by atoms with Crippen LogP contribution in [0.25, 0.3) is 0 Å². The summed E-state index contributed by atoms with van der Waals surface area (Å²) in [5.41, 5.74) is 0.550. The Morgan fingerprint density at radius 1 is 1.27 bits per heavy atom. The number of furan rings is 1. The molecule has 1 aromatic heterocycles. The van der Waals surface area contributed by atoms with E-state index in [4.69, 9.17) is 16.0 Å².